The number of aromatic nitrogens is 7. The molecule has 1 amide bonds. The highest BCUT2D eigenvalue weighted by molar-refractivity contribution is 6.01. The zero-order valence-electron chi connectivity index (χ0n) is 19.5. The van der Waals surface area contributed by atoms with Crippen molar-refractivity contribution in [2.24, 2.45) is 0 Å². The largest absolute Gasteiger partial charge is 0.352 e. The van der Waals surface area contributed by atoms with Crippen LogP contribution in [0.1, 0.15) is 19.8 Å². The highest BCUT2D eigenvalue weighted by atomic mass is 16.1. The predicted molar refractivity (Wildman–Crippen MR) is 139 cm³/mol. The van der Waals surface area contributed by atoms with Crippen LogP contribution in [-0.2, 0) is 4.79 Å². The fraction of sp³-hybridized carbons (Fsp3) is 0.111. The number of amides is 1. The number of carbonyl (C=O) groups excluding carboxylic acids is 1. The molecule has 36 heavy (non-hydrogen) atoms. The Morgan fingerprint density at radius 1 is 0.889 bits per heavy atom. The zero-order chi connectivity index (χ0) is 24.5. The molecule has 0 bridgehead atoms. The van der Waals surface area contributed by atoms with E-state index in [9.17, 15) is 4.79 Å². The first-order valence-corrected chi connectivity index (χ1v) is 11.7. The van der Waals surface area contributed by atoms with Gasteiger partial charge < -0.3 is 10.3 Å². The minimum Gasteiger partial charge on any atom is -0.352 e. The number of anilines is 1. The van der Waals surface area contributed by atoms with Gasteiger partial charge in [0.25, 0.3) is 0 Å². The smallest absolute Gasteiger partial charge is 0.224 e. The van der Waals surface area contributed by atoms with E-state index in [-0.39, 0.29) is 5.91 Å². The number of hydrogen-bond acceptors (Lipinski definition) is 6. The van der Waals surface area contributed by atoms with E-state index in [1.165, 1.54) is 0 Å². The summed E-state index contributed by atoms with van der Waals surface area (Å²) in [6.07, 6.45) is 13.6. The first-order valence-electron chi connectivity index (χ1n) is 11.7. The van der Waals surface area contributed by atoms with Crippen LogP contribution in [0.25, 0.3) is 55.6 Å². The molecule has 0 saturated heterocycles. The van der Waals surface area contributed by atoms with Crippen molar-refractivity contribution in [3.05, 3.63) is 73.7 Å². The molecule has 0 radical (unpaired) electrons. The van der Waals surface area contributed by atoms with Crippen molar-refractivity contribution in [2.75, 3.05) is 5.32 Å². The summed E-state index contributed by atoms with van der Waals surface area (Å²) >= 11 is 0. The second-order valence-electron chi connectivity index (χ2n) is 8.52. The molecule has 6 aromatic heterocycles. The van der Waals surface area contributed by atoms with Gasteiger partial charge >= 0.3 is 0 Å². The van der Waals surface area contributed by atoms with E-state index in [1.807, 2.05) is 43.6 Å². The molecule has 0 aliphatic carbocycles. The van der Waals surface area contributed by atoms with Gasteiger partial charge in [0.15, 0.2) is 0 Å². The Balaban J connectivity index is 1.40. The van der Waals surface area contributed by atoms with Gasteiger partial charge in [-0.2, -0.15) is 5.10 Å². The summed E-state index contributed by atoms with van der Waals surface area (Å²) in [5.41, 5.74) is 7.65. The van der Waals surface area contributed by atoms with E-state index in [2.05, 4.69) is 46.5 Å². The molecule has 9 heteroatoms. The third-order valence-corrected chi connectivity index (χ3v) is 6.03. The van der Waals surface area contributed by atoms with Crippen LogP contribution >= 0.6 is 0 Å². The van der Waals surface area contributed by atoms with Crippen LogP contribution in [0, 0.1) is 0 Å². The van der Waals surface area contributed by atoms with E-state index in [0.29, 0.717) is 12.1 Å². The fourth-order valence-electron chi connectivity index (χ4n) is 4.32. The van der Waals surface area contributed by atoms with Gasteiger partial charge in [0.05, 0.1) is 46.7 Å². The molecule has 3 N–H and O–H groups in total. The van der Waals surface area contributed by atoms with Gasteiger partial charge in [-0.3, -0.25) is 29.8 Å². The van der Waals surface area contributed by atoms with Crippen molar-refractivity contribution < 1.29 is 4.79 Å². The predicted octanol–water partition coefficient (Wildman–Crippen LogP) is 5.36. The van der Waals surface area contributed by atoms with Gasteiger partial charge in [-0.1, -0.05) is 6.92 Å². The number of pyridine rings is 4. The number of H-pyrrole nitrogens is 2. The van der Waals surface area contributed by atoms with Crippen molar-refractivity contribution in [2.45, 2.75) is 19.8 Å². The van der Waals surface area contributed by atoms with Crippen molar-refractivity contribution in [3.8, 4) is 33.8 Å². The normalized spacial score (nSPS) is 11.2. The lowest BCUT2D eigenvalue weighted by Gasteiger charge is -2.06. The Morgan fingerprint density at radius 3 is 2.61 bits per heavy atom. The standard InChI is InChI=1S/C27H22N8O/c1-2-3-26(36)32-18-8-17(11-29-12-18)22-10-20-25(15-31-22)34-35-27(20)23-9-19-21(13-30-14-24(19)33-23)16-4-6-28-7-5-16/h4-15,33H,2-3H2,1H3,(H,32,36)(H,34,35). The third-order valence-electron chi connectivity index (χ3n) is 6.03. The maximum atomic E-state index is 12.0. The molecule has 6 rings (SSSR count). The van der Waals surface area contributed by atoms with Crippen molar-refractivity contribution in [1.82, 2.24) is 35.1 Å². The molecule has 0 aliphatic heterocycles. The van der Waals surface area contributed by atoms with Crippen LogP contribution in [0.5, 0.6) is 0 Å². The average Bonchev–Trinajstić information content (AvgIpc) is 3.53. The third kappa shape index (κ3) is 3.96. The minimum atomic E-state index is -0.0311. The molecule has 0 unspecified atom stereocenters. The molecule has 0 fully saturated rings. The summed E-state index contributed by atoms with van der Waals surface area (Å²) in [5.74, 6) is -0.0311. The van der Waals surface area contributed by atoms with E-state index < -0.39 is 0 Å². The molecular weight excluding hydrogens is 452 g/mol. The van der Waals surface area contributed by atoms with E-state index in [4.69, 9.17) is 0 Å². The van der Waals surface area contributed by atoms with Gasteiger partial charge in [0, 0.05) is 53.1 Å². The Hall–Kier alpha value is -4.92. The molecule has 0 aliphatic rings. The number of aromatic amines is 2. The number of rotatable bonds is 6. The second-order valence-corrected chi connectivity index (χ2v) is 8.52. The molecule has 6 aromatic rings. The molecule has 176 valence electrons. The number of nitrogens with zero attached hydrogens (tertiary/aromatic N) is 5. The number of fused-ring (bicyclic) bond motifs is 2. The summed E-state index contributed by atoms with van der Waals surface area (Å²) in [6, 6.07) is 9.89. The van der Waals surface area contributed by atoms with E-state index >= 15 is 0 Å². The van der Waals surface area contributed by atoms with Gasteiger partial charge in [-0.25, -0.2) is 0 Å². The summed E-state index contributed by atoms with van der Waals surface area (Å²) in [4.78, 5) is 32.9. The first kappa shape index (κ1) is 21.6. The molecule has 0 aromatic carbocycles. The van der Waals surface area contributed by atoms with Gasteiger partial charge in [0.2, 0.25) is 5.91 Å². The Bertz CT molecular complexity index is 1700. The molecule has 6 heterocycles. The molecule has 0 saturated carbocycles. The van der Waals surface area contributed by atoms with Crippen LogP contribution in [0.15, 0.2) is 73.7 Å². The summed E-state index contributed by atoms with van der Waals surface area (Å²) in [6.45, 7) is 1.97. The Kier molecular flexibility index (Phi) is 5.42. The average molecular weight is 475 g/mol. The Morgan fingerprint density at radius 2 is 1.75 bits per heavy atom. The lowest BCUT2D eigenvalue weighted by atomic mass is 10.1. The van der Waals surface area contributed by atoms with Crippen LogP contribution in [0.3, 0.4) is 0 Å². The van der Waals surface area contributed by atoms with Crippen molar-refractivity contribution >= 4 is 33.4 Å². The van der Waals surface area contributed by atoms with Crippen LogP contribution in [0.2, 0.25) is 0 Å². The lowest BCUT2D eigenvalue weighted by Crippen LogP contribution is -2.10. The highest BCUT2D eigenvalue weighted by Crippen LogP contribution is 2.34. The lowest BCUT2D eigenvalue weighted by molar-refractivity contribution is -0.116. The maximum absolute atomic E-state index is 12.0. The zero-order valence-corrected chi connectivity index (χ0v) is 19.5. The van der Waals surface area contributed by atoms with E-state index in [0.717, 1.165) is 62.0 Å². The minimum absolute atomic E-state index is 0.0311. The fourth-order valence-corrected chi connectivity index (χ4v) is 4.32. The topological polar surface area (TPSA) is 125 Å². The van der Waals surface area contributed by atoms with Crippen molar-refractivity contribution in [1.29, 1.82) is 0 Å². The number of hydrogen-bond donors (Lipinski definition) is 3. The van der Waals surface area contributed by atoms with Gasteiger partial charge in [-0.15, -0.1) is 0 Å². The van der Waals surface area contributed by atoms with Crippen molar-refractivity contribution in [3.63, 3.8) is 0 Å². The molecule has 9 nitrogen and oxygen atoms in total. The van der Waals surface area contributed by atoms with Crippen LogP contribution in [0.4, 0.5) is 5.69 Å². The molecular formula is C27H22N8O. The van der Waals surface area contributed by atoms with Gasteiger partial charge in [-0.05, 0) is 42.3 Å². The number of carbonyl (C=O) groups is 1. The Labute approximate surface area is 206 Å². The monoisotopic (exact) mass is 474 g/mol. The maximum Gasteiger partial charge on any atom is 0.224 e. The number of nitrogens with one attached hydrogen (secondary N) is 3. The molecule has 0 spiro atoms. The van der Waals surface area contributed by atoms with Crippen LogP contribution in [-0.4, -0.2) is 41.0 Å². The van der Waals surface area contributed by atoms with Crippen LogP contribution < -0.4 is 5.32 Å². The summed E-state index contributed by atoms with van der Waals surface area (Å²) < 4.78 is 0. The SMILES string of the molecule is CCCC(=O)Nc1cncc(-c2cc3c(-c4cc5c(-c6ccncc6)cncc5[nH]4)n[nH]c3cn2)c1. The van der Waals surface area contributed by atoms with Gasteiger partial charge in [0.1, 0.15) is 5.69 Å². The summed E-state index contributed by atoms with van der Waals surface area (Å²) in [7, 11) is 0. The quantitative estimate of drug-likeness (QED) is 0.298. The highest BCUT2D eigenvalue weighted by Gasteiger charge is 2.15. The molecule has 0 atom stereocenters. The summed E-state index contributed by atoms with van der Waals surface area (Å²) in [5, 5.41) is 12.5. The van der Waals surface area contributed by atoms with E-state index in [1.54, 1.807) is 31.0 Å². The second kappa shape index (κ2) is 9.03. The first-order chi connectivity index (χ1) is 17.7.